The van der Waals surface area contributed by atoms with Crippen molar-refractivity contribution in [1.29, 1.82) is 0 Å². The standard InChI is InChI=1S/C17H13NO2/c1-11(18-20)17(19)14-9-8-13-7-6-12-4-2-3-5-15(12)16(13)10-14/h2-10,20H,1H3/b18-11+. The third-order valence-corrected chi connectivity index (χ3v) is 3.49. The Morgan fingerprint density at radius 3 is 2.35 bits per heavy atom. The van der Waals surface area contributed by atoms with E-state index in [-0.39, 0.29) is 11.5 Å². The van der Waals surface area contributed by atoms with Crippen LogP contribution in [-0.4, -0.2) is 16.7 Å². The van der Waals surface area contributed by atoms with E-state index < -0.39 is 0 Å². The summed E-state index contributed by atoms with van der Waals surface area (Å²) in [4.78, 5) is 12.1. The van der Waals surface area contributed by atoms with Gasteiger partial charge in [0.1, 0.15) is 5.71 Å². The van der Waals surface area contributed by atoms with E-state index in [0.717, 1.165) is 21.5 Å². The van der Waals surface area contributed by atoms with Crippen LogP contribution in [0.1, 0.15) is 17.3 Å². The molecule has 0 bridgehead atoms. The monoisotopic (exact) mass is 263 g/mol. The lowest BCUT2D eigenvalue weighted by Gasteiger charge is -2.06. The van der Waals surface area contributed by atoms with Crippen LogP contribution in [0.3, 0.4) is 0 Å². The maximum absolute atomic E-state index is 12.1. The molecular weight excluding hydrogens is 250 g/mol. The molecule has 0 fully saturated rings. The second-order valence-electron chi connectivity index (χ2n) is 4.74. The van der Waals surface area contributed by atoms with E-state index in [1.807, 2.05) is 42.5 Å². The molecule has 3 heteroatoms. The minimum absolute atomic E-state index is 0.0876. The zero-order valence-electron chi connectivity index (χ0n) is 11.0. The van der Waals surface area contributed by atoms with Gasteiger partial charge in [0.05, 0.1) is 0 Å². The highest BCUT2D eigenvalue weighted by molar-refractivity contribution is 6.45. The van der Waals surface area contributed by atoms with E-state index in [4.69, 9.17) is 5.21 Å². The van der Waals surface area contributed by atoms with Crippen molar-refractivity contribution in [3.8, 4) is 0 Å². The smallest absolute Gasteiger partial charge is 0.210 e. The van der Waals surface area contributed by atoms with Crippen LogP contribution >= 0.6 is 0 Å². The Bertz CT molecular complexity index is 850. The van der Waals surface area contributed by atoms with Gasteiger partial charge in [-0.3, -0.25) is 4.79 Å². The summed E-state index contributed by atoms with van der Waals surface area (Å²) in [6.07, 6.45) is 0. The Morgan fingerprint density at radius 2 is 1.60 bits per heavy atom. The molecule has 98 valence electrons. The minimum Gasteiger partial charge on any atom is -0.411 e. The van der Waals surface area contributed by atoms with Crippen molar-refractivity contribution < 1.29 is 10.0 Å². The van der Waals surface area contributed by atoms with Gasteiger partial charge in [0.15, 0.2) is 0 Å². The van der Waals surface area contributed by atoms with Crippen molar-refractivity contribution in [3.05, 3.63) is 60.2 Å². The molecule has 0 aliphatic carbocycles. The molecular formula is C17H13NO2. The van der Waals surface area contributed by atoms with Crippen LogP contribution < -0.4 is 0 Å². The molecule has 3 aromatic carbocycles. The Balaban J connectivity index is 2.29. The first-order valence-corrected chi connectivity index (χ1v) is 6.35. The van der Waals surface area contributed by atoms with Crippen molar-refractivity contribution in [2.24, 2.45) is 5.16 Å². The van der Waals surface area contributed by atoms with E-state index in [9.17, 15) is 4.79 Å². The molecule has 0 saturated heterocycles. The second kappa shape index (κ2) is 4.78. The maximum atomic E-state index is 12.1. The molecule has 3 rings (SSSR count). The Labute approximate surface area is 116 Å². The Kier molecular flexibility index (Phi) is 2.95. The van der Waals surface area contributed by atoms with Crippen molar-refractivity contribution in [3.63, 3.8) is 0 Å². The SMILES string of the molecule is C/C(=N\O)C(=O)c1ccc2ccc3ccccc3c2c1. The third-order valence-electron chi connectivity index (χ3n) is 3.49. The molecule has 0 amide bonds. The molecule has 0 unspecified atom stereocenters. The summed E-state index contributed by atoms with van der Waals surface area (Å²) in [5.74, 6) is -0.262. The summed E-state index contributed by atoms with van der Waals surface area (Å²) in [6, 6.07) is 17.7. The van der Waals surface area contributed by atoms with E-state index in [1.54, 1.807) is 6.07 Å². The van der Waals surface area contributed by atoms with Crippen molar-refractivity contribution in [2.75, 3.05) is 0 Å². The van der Waals surface area contributed by atoms with Gasteiger partial charge in [0.25, 0.3) is 0 Å². The molecule has 0 heterocycles. The summed E-state index contributed by atoms with van der Waals surface area (Å²) in [6.45, 7) is 1.50. The Morgan fingerprint density at radius 1 is 0.950 bits per heavy atom. The van der Waals surface area contributed by atoms with Gasteiger partial charge in [0.2, 0.25) is 5.78 Å². The van der Waals surface area contributed by atoms with E-state index in [1.165, 1.54) is 6.92 Å². The lowest BCUT2D eigenvalue weighted by molar-refractivity contribution is 0.106. The molecule has 1 N–H and O–H groups in total. The van der Waals surface area contributed by atoms with Crippen LogP contribution in [-0.2, 0) is 0 Å². The highest BCUT2D eigenvalue weighted by Crippen LogP contribution is 2.26. The van der Waals surface area contributed by atoms with Crippen LogP contribution in [0.2, 0.25) is 0 Å². The predicted octanol–water partition coefficient (Wildman–Crippen LogP) is 4.03. The Hall–Kier alpha value is -2.68. The number of hydrogen-bond donors (Lipinski definition) is 1. The van der Waals surface area contributed by atoms with Gasteiger partial charge >= 0.3 is 0 Å². The third kappa shape index (κ3) is 1.93. The molecule has 0 aromatic heterocycles. The predicted molar refractivity (Wildman–Crippen MR) is 80.7 cm³/mol. The van der Waals surface area contributed by atoms with Gasteiger partial charge in [-0.05, 0) is 34.5 Å². The molecule has 3 nitrogen and oxygen atoms in total. The highest BCUT2D eigenvalue weighted by atomic mass is 16.4. The van der Waals surface area contributed by atoms with Gasteiger partial charge in [0, 0.05) is 5.56 Å². The average Bonchev–Trinajstić information content (AvgIpc) is 2.52. The quantitative estimate of drug-likeness (QED) is 0.249. The average molecular weight is 263 g/mol. The number of carbonyl (C=O) groups is 1. The number of fused-ring (bicyclic) bond motifs is 3. The number of oxime groups is 1. The van der Waals surface area contributed by atoms with Crippen molar-refractivity contribution >= 4 is 33.0 Å². The fourth-order valence-corrected chi connectivity index (χ4v) is 2.40. The number of hydrogen-bond acceptors (Lipinski definition) is 3. The van der Waals surface area contributed by atoms with Gasteiger partial charge in [-0.25, -0.2) is 0 Å². The fourth-order valence-electron chi connectivity index (χ4n) is 2.40. The summed E-state index contributed by atoms with van der Waals surface area (Å²) < 4.78 is 0. The molecule has 0 radical (unpaired) electrons. The number of rotatable bonds is 2. The highest BCUT2D eigenvalue weighted by Gasteiger charge is 2.11. The van der Waals surface area contributed by atoms with Crippen LogP contribution in [0, 0.1) is 0 Å². The molecule has 0 spiro atoms. The van der Waals surface area contributed by atoms with Gasteiger partial charge in [-0.15, -0.1) is 0 Å². The van der Waals surface area contributed by atoms with Crippen LogP contribution in [0.25, 0.3) is 21.5 Å². The van der Waals surface area contributed by atoms with E-state index in [0.29, 0.717) is 5.56 Å². The number of Topliss-reactive ketones (excluding diaryl/α,β-unsaturated/α-hetero) is 1. The zero-order chi connectivity index (χ0) is 14.1. The number of nitrogens with zero attached hydrogens (tertiary/aromatic N) is 1. The molecule has 0 saturated carbocycles. The van der Waals surface area contributed by atoms with Gasteiger partial charge < -0.3 is 5.21 Å². The van der Waals surface area contributed by atoms with Crippen molar-refractivity contribution in [1.82, 2.24) is 0 Å². The van der Waals surface area contributed by atoms with Gasteiger partial charge in [-0.2, -0.15) is 0 Å². The molecule has 20 heavy (non-hydrogen) atoms. The lowest BCUT2D eigenvalue weighted by atomic mass is 9.98. The first-order valence-electron chi connectivity index (χ1n) is 6.35. The molecule has 0 atom stereocenters. The molecule has 0 aliphatic heterocycles. The van der Waals surface area contributed by atoms with Crippen molar-refractivity contribution in [2.45, 2.75) is 6.92 Å². The molecule has 3 aromatic rings. The second-order valence-corrected chi connectivity index (χ2v) is 4.74. The minimum atomic E-state index is -0.262. The lowest BCUT2D eigenvalue weighted by Crippen LogP contribution is -2.10. The zero-order valence-corrected chi connectivity index (χ0v) is 11.0. The first kappa shape index (κ1) is 12.4. The number of benzene rings is 3. The van der Waals surface area contributed by atoms with Crippen LogP contribution in [0.15, 0.2) is 59.8 Å². The summed E-state index contributed by atoms with van der Waals surface area (Å²) in [7, 11) is 0. The number of ketones is 1. The first-order chi connectivity index (χ1) is 9.70. The van der Waals surface area contributed by atoms with Gasteiger partial charge in [-0.1, -0.05) is 53.7 Å². The summed E-state index contributed by atoms with van der Waals surface area (Å²) in [5, 5.41) is 16.0. The summed E-state index contributed by atoms with van der Waals surface area (Å²) in [5.41, 5.74) is 0.619. The number of carbonyl (C=O) groups excluding carboxylic acids is 1. The van der Waals surface area contributed by atoms with Crippen LogP contribution in [0.5, 0.6) is 0 Å². The molecule has 0 aliphatic rings. The maximum Gasteiger partial charge on any atom is 0.210 e. The van der Waals surface area contributed by atoms with E-state index in [2.05, 4.69) is 11.2 Å². The van der Waals surface area contributed by atoms with E-state index >= 15 is 0 Å². The normalized spacial score (nSPS) is 11.9. The topological polar surface area (TPSA) is 49.7 Å². The fraction of sp³-hybridized carbons (Fsp3) is 0.0588. The summed E-state index contributed by atoms with van der Waals surface area (Å²) >= 11 is 0. The largest absolute Gasteiger partial charge is 0.411 e. The van der Waals surface area contributed by atoms with Crippen LogP contribution in [0.4, 0.5) is 0 Å².